The molecule has 2 amide bonds. The normalized spacial score (nSPS) is 15.6. The van der Waals surface area contributed by atoms with Gasteiger partial charge in [0, 0.05) is 26.3 Å². The van der Waals surface area contributed by atoms with Crippen LogP contribution in [0.5, 0.6) is 0 Å². The van der Waals surface area contributed by atoms with Gasteiger partial charge in [0.15, 0.2) is 5.82 Å². The van der Waals surface area contributed by atoms with E-state index in [2.05, 4.69) is 10.3 Å². The van der Waals surface area contributed by atoms with Gasteiger partial charge in [-0.15, -0.1) is 0 Å². The average Bonchev–Trinajstić information content (AvgIpc) is 3.13. The number of carbonyl (C=O) groups excluding carboxylic acids is 2. The molecule has 6 nitrogen and oxygen atoms in total. The second kappa shape index (κ2) is 7.26. The molecule has 1 aliphatic heterocycles. The first kappa shape index (κ1) is 17.9. The molecule has 0 aliphatic carbocycles. The van der Waals surface area contributed by atoms with Gasteiger partial charge in [-0.05, 0) is 23.3 Å². The number of benzene rings is 2. The summed E-state index contributed by atoms with van der Waals surface area (Å²) in [6.07, 6.45) is 1.61. The van der Waals surface area contributed by atoms with E-state index in [-0.39, 0.29) is 35.2 Å². The number of carbonyl (C=O) groups is 2. The van der Waals surface area contributed by atoms with E-state index >= 15 is 0 Å². The first-order valence-corrected chi connectivity index (χ1v) is 8.94. The lowest BCUT2D eigenvalue weighted by Gasteiger charge is -2.25. The summed E-state index contributed by atoms with van der Waals surface area (Å²) in [4.78, 5) is 31.0. The van der Waals surface area contributed by atoms with Crippen molar-refractivity contribution in [3.8, 4) is 0 Å². The Bertz CT molecular complexity index is 1010. The molecule has 4 rings (SSSR count). The van der Waals surface area contributed by atoms with Crippen LogP contribution in [0.1, 0.15) is 38.3 Å². The highest BCUT2D eigenvalue weighted by Gasteiger charge is 2.29. The third-order valence-corrected chi connectivity index (χ3v) is 4.76. The molecule has 1 N–H and O–H groups in total. The third-order valence-electron chi connectivity index (χ3n) is 4.76. The van der Waals surface area contributed by atoms with Crippen molar-refractivity contribution in [3.63, 3.8) is 0 Å². The Kier molecular flexibility index (Phi) is 4.65. The monoisotopic (exact) mass is 378 g/mol. The number of hydrogen-bond acceptors (Lipinski definition) is 3. The Hall–Kier alpha value is -3.48. The molecule has 2 heterocycles. The van der Waals surface area contributed by atoms with Gasteiger partial charge in [0.2, 0.25) is 0 Å². The minimum absolute atomic E-state index is 0.204. The van der Waals surface area contributed by atoms with E-state index in [9.17, 15) is 14.0 Å². The second-order valence-electron chi connectivity index (χ2n) is 6.83. The van der Waals surface area contributed by atoms with E-state index in [1.807, 2.05) is 30.3 Å². The Morgan fingerprint density at radius 3 is 2.64 bits per heavy atom. The van der Waals surface area contributed by atoms with Crippen LogP contribution in [0, 0.1) is 5.82 Å². The molecule has 0 fully saturated rings. The van der Waals surface area contributed by atoms with E-state index in [1.165, 1.54) is 12.1 Å². The lowest BCUT2D eigenvalue weighted by Crippen LogP contribution is -2.38. The minimum Gasteiger partial charge on any atom is -0.341 e. The minimum atomic E-state index is -0.356. The summed E-state index contributed by atoms with van der Waals surface area (Å²) in [7, 11) is 1.70. The zero-order valence-electron chi connectivity index (χ0n) is 15.3. The maximum absolute atomic E-state index is 13.1. The smallest absolute Gasteiger partial charge is 0.287 e. The molecule has 7 heteroatoms. The van der Waals surface area contributed by atoms with Crippen LogP contribution in [0.25, 0.3) is 0 Å². The molecule has 3 aromatic rings. The van der Waals surface area contributed by atoms with Crippen molar-refractivity contribution in [3.05, 3.63) is 89.3 Å². The first-order valence-electron chi connectivity index (χ1n) is 8.94. The second-order valence-corrected chi connectivity index (χ2v) is 6.83. The summed E-state index contributed by atoms with van der Waals surface area (Å²) in [6, 6.07) is 15.3. The highest BCUT2D eigenvalue weighted by atomic mass is 19.1. The van der Waals surface area contributed by atoms with Crippen LogP contribution in [-0.4, -0.2) is 33.3 Å². The van der Waals surface area contributed by atoms with Crippen LogP contribution in [0.4, 0.5) is 4.39 Å². The van der Waals surface area contributed by atoms with Crippen molar-refractivity contribution in [1.82, 2.24) is 19.8 Å². The number of nitrogens with zero attached hydrogens (tertiary/aromatic N) is 3. The first-order chi connectivity index (χ1) is 13.5. The molecule has 1 aliphatic rings. The van der Waals surface area contributed by atoms with Gasteiger partial charge in [-0.1, -0.05) is 42.5 Å². The number of rotatable bonds is 4. The highest BCUT2D eigenvalue weighted by Crippen LogP contribution is 2.22. The van der Waals surface area contributed by atoms with E-state index in [1.54, 1.807) is 34.8 Å². The van der Waals surface area contributed by atoms with Gasteiger partial charge in [-0.2, -0.15) is 0 Å². The molecule has 1 atom stereocenters. The summed E-state index contributed by atoms with van der Waals surface area (Å²) in [6.45, 7) is 0.877. The Labute approximate surface area is 161 Å². The Morgan fingerprint density at radius 2 is 1.93 bits per heavy atom. The predicted molar refractivity (Wildman–Crippen MR) is 101 cm³/mol. The molecule has 28 heavy (non-hydrogen) atoms. The number of nitrogens with one attached hydrogen (secondary N) is 1. The van der Waals surface area contributed by atoms with E-state index in [0.717, 1.165) is 11.1 Å². The molecule has 1 unspecified atom stereocenters. The molecule has 0 radical (unpaired) electrons. The maximum atomic E-state index is 13.1. The van der Waals surface area contributed by atoms with Crippen LogP contribution in [0.2, 0.25) is 0 Å². The lowest BCUT2D eigenvalue weighted by molar-refractivity contribution is 0.0779. The number of hydrogen-bond donors (Lipinski definition) is 1. The number of fused-ring (bicyclic) bond motifs is 1. The van der Waals surface area contributed by atoms with Crippen LogP contribution in [-0.2, 0) is 13.1 Å². The van der Waals surface area contributed by atoms with Gasteiger partial charge in [-0.25, -0.2) is 9.37 Å². The predicted octanol–water partition coefficient (Wildman–Crippen LogP) is 2.78. The van der Waals surface area contributed by atoms with E-state index in [0.29, 0.717) is 13.1 Å². The van der Waals surface area contributed by atoms with Crippen molar-refractivity contribution in [2.24, 2.45) is 0 Å². The van der Waals surface area contributed by atoms with Gasteiger partial charge in [0.25, 0.3) is 11.8 Å². The van der Waals surface area contributed by atoms with Gasteiger partial charge < -0.3 is 14.8 Å². The van der Waals surface area contributed by atoms with Crippen molar-refractivity contribution < 1.29 is 14.0 Å². The zero-order valence-corrected chi connectivity index (χ0v) is 15.3. The van der Waals surface area contributed by atoms with E-state index < -0.39 is 0 Å². The molecule has 0 saturated heterocycles. The molecule has 2 aromatic carbocycles. The standard InChI is InChI=1S/C21H19FN4O2/c1-25(11-14-5-3-2-4-6-14)21(28)18-13-26-12-17(24-20(27)19(26)23-18)15-7-9-16(22)10-8-15/h2-10,13,17H,11-12H2,1H3,(H,24,27). The van der Waals surface area contributed by atoms with Crippen LogP contribution >= 0.6 is 0 Å². The van der Waals surface area contributed by atoms with Crippen molar-refractivity contribution in [1.29, 1.82) is 0 Å². The number of aromatic nitrogens is 2. The number of imidazole rings is 1. The Balaban J connectivity index is 1.53. The lowest BCUT2D eigenvalue weighted by atomic mass is 10.1. The fourth-order valence-corrected chi connectivity index (χ4v) is 3.31. The molecule has 0 saturated carbocycles. The third kappa shape index (κ3) is 3.51. The SMILES string of the molecule is CN(Cc1ccccc1)C(=O)c1cn2c(n1)C(=O)NC(c1ccc(F)cc1)C2. The molecule has 1 aromatic heterocycles. The average molecular weight is 378 g/mol. The Morgan fingerprint density at radius 1 is 1.21 bits per heavy atom. The molecular weight excluding hydrogens is 359 g/mol. The van der Waals surface area contributed by atoms with Gasteiger partial charge in [0.05, 0.1) is 6.04 Å². The molecular formula is C21H19FN4O2. The summed E-state index contributed by atoms with van der Waals surface area (Å²) < 4.78 is 14.8. The van der Waals surface area contributed by atoms with Gasteiger partial charge in [0.1, 0.15) is 11.5 Å². The summed E-state index contributed by atoms with van der Waals surface area (Å²) in [5.41, 5.74) is 2.03. The van der Waals surface area contributed by atoms with Crippen LogP contribution in [0.15, 0.2) is 60.8 Å². The number of amides is 2. The van der Waals surface area contributed by atoms with Gasteiger partial charge in [-0.3, -0.25) is 9.59 Å². The van der Waals surface area contributed by atoms with Gasteiger partial charge >= 0.3 is 0 Å². The summed E-state index contributed by atoms with van der Waals surface area (Å²) in [5, 5.41) is 2.86. The maximum Gasteiger partial charge on any atom is 0.287 e. The number of halogens is 1. The fourth-order valence-electron chi connectivity index (χ4n) is 3.31. The molecule has 0 bridgehead atoms. The molecule has 0 spiro atoms. The summed E-state index contributed by atoms with van der Waals surface area (Å²) in [5.74, 6) is -0.736. The topological polar surface area (TPSA) is 67.2 Å². The van der Waals surface area contributed by atoms with Crippen LogP contribution in [0.3, 0.4) is 0 Å². The molecule has 142 valence electrons. The fraction of sp³-hybridized carbons (Fsp3) is 0.190. The largest absolute Gasteiger partial charge is 0.341 e. The summed E-state index contributed by atoms with van der Waals surface area (Å²) >= 11 is 0. The zero-order chi connectivity index (χ0) is 19.7. The van der Waals surface area contributed by atoms with Crippen molar-refractivity contribution in [2.75, 3.05) is 7.05 Å². The quantitative estimate of drug-likeness (QED) is 0.759. The van der Waals surface area contributed by atoms with E-state index in [4.69, 9.17) is 0 Å². The van der Waals surface area contributed by atoms with Crippen LogP contribution < -0.4 is 5.32 Å². The highest BCUT2D eigenvalue weighted by molar-refractivity contribution is 5.96. The van der Waals surface area contributed by atoms with Crippen molar-refractivity contribution >= 4 is 11.8 Å². The van der Waals surface area contributed by atoms with Crippen molar-refractivity contribution in [2.45, 2.75) is 19.1 Å².